The van der Waals surface area contributed by atoms with Crippen LogP contribution in [0.25, 0.3) is 0 Å². The number of benzene rings is 2. The van der Waals surface area contributed by atoms with Crippen molar-refractivity contribution in [2.75, 3.05) is 21.9 Å². The number of hydrogen-bond donors (Lipinski definition) is 1. The lowest BCUT2D eigenvalue weighted by Crippen LogP contribution is -2.25. The van der Waals surface area contributed by atoms with Crippen LogP contribution in [-0.4, -0.2) is 26.6 Å². The lowest BCUT2D eigenvalue weighted by Gasteiger charge is -2.19. The van der Waals surface area contributed by atoms with Gasteiger partial charge in [-0.1, -0.05) is 35.9 Å². The fourth-order valence-corrected chi connectivity index (χ4v) is 5.51. The van der Waals surface area contributed by atoms with E-state index in [1.807, 2.05) is 6.07 Å². The van der Waals surface area contributed by atoms with Gasteiger partial charge < -0.3 is 5.32 Å². The van der Waals surface area contributed by atoms with E-state index in [0.717, 1.165) is 0 Å². The first kappa shape index (κ1) is 19.0. The third-order valence-electron chi connectivity index (χ3n) is 5.62. The molecule has 1 N–H and O–H groups in total. The van der Waals surface area contributed by atoms with Crippen molar-refractivity contribution in [2.45, 2.75) is 38.5 Å². The molecule has 1 saturated carbocycles. The predicted molar refractivity (Wildman–Crippen MR) is 112 cm³/mol. The molecule has 0 spiro atoms. The predicted octanol–water partition coefficient (Wildman–Crippen LogP) is 4.06. The van der Waals surface area contributed by atoms with Gasteiger partial charge in [-0.05, 0) is 61.8 Å². The van der Waals surface area contributed by atoms with E-state index in [-0.39, 0.29) is 17.6 Å². The largest absolute Gasteiger partial charge is 0.326 e. The maximum absolute atomic E-state index is 12.7. The zero-order valence-corrected chi connectivity index (χ0v) is 16.9. The van der Waals surface area contributed by atoms with Crippen molar-refractivity contribution in [3.63, 3.8) is 0 Å². The summed E-state index contributed by atoms with van der Waals surface area (Å²) in [6, 6.07) is 15.6. The normalized spacial score (nSPS) is 19.4. The van der Waals surface area contributed by atoms with Crippen LogP contribution >= 0.6 is 0 Å². The minimum absolute atomic E-state index is 0.0288. The molecule has 1 saturated heterocycles. The molecule has 4 rings (SSSR count). The van der Waals surface area contributed by atoms with E-state index in [9.17, 15) is 13.2 Å². The third-order valence-corrected chi connectivity index (χ3v) is 7.49. The first-order valence-corrected chi connectivity index (χ1v) is 11.5. The van der Waals surface area contributed by atoms with Crippen molar-refractivity contribution in [3.8, 4) is 0 Å². The van der Waals surface area contributed by atoms with Gasteiger partial charge in [0.15, 0.2) is 0 Å². The second kappa shape index (κ2) is 7.59. The zero-order valence-electron chi connectivity index (χ0n) is 16.1. The van der Waals surface area contributed by atoms with E-state index in [1.165, 1.54) is 28.3 Å². The maximum Gasteiger partial charge on any atom is 0.235 e. The van der Waals surface area contributed by atoms with E-state index in [2.05, 4.69) is 36.5 Å². The van der Waals surface area contributed by atoms with Crippen molar-refractivity contribution in [2.24, 2.45) is 5.92 Å². The molecule has 1 amide bonds. The minimum Gasteiger partial charge on any atom is -0.326 e. The Balaban J connectivity index is 1.46. The fraction of sp³-hybridized carbons (Fsp3) is 0.409. The summed E-state index contributed by atoms with van der Waals surface area (Å²) < 4.78 is 25.7. The van der Waals surface area contributed by atoms with E-state index in [0.29, 0.717) is 36.7 Å². The highest BCUT2D eigenvalue weighted by atomic mass is 32.2. The molecule has 148 valence electrons. The number of amides is 1. The van der Waals surface area contributed by atoms with Crippen LogP contribution in [0.1, 0.15) is 42.7 Å². The lowest BCUT2D eigenvalue weighted by atomic mass is 9.90. The standard InChI is InChI=1S/C22H26N2O3S/c1-16-6-8-17(9-7-16)21(18-10-11-18)15-22(25)23-19-4-2-5-20(14-19)24-12-3-13-28(24,26)27/h2,4-9,14,18,21H,3,10-13,15H2,1H3,(H,23,25). The molecule has 6 heteroatoms. The van der Waals surface area contributed by atoms with Gasteiger partial charge in [-0.2, -0.15) is 0 Å². The molecular formula is C22H26N2O3S. The average molecular weight is 399 g/mol. The second-order valence-electron chi connectivity index (χ2n) is 7.90. The lowest BCUT2D eigenvalue weighted by molar-refractivity contribution is -0.116. The highest BCUT2D eigenvalue weighted by molar-refractivity contribution is 7.93. The van der Waals surface area contributed by atoms with Crippen molar-refractivity contribution >= 4 is 27.3 Å². The molecule has 2 aliphatic rings. The van der Waals surface area contributed by atoms with E-state index < -0.39 is 10.0 Å². The molecule has 0 radical (unpaired) electrons. The quantitative estimate of drug-likeness (QED) is 0.798. The van der Waals surface area contributed by atoms with Gasteiger partial charge in [-0.3, -0.25) is 9.10 Å². The van der Waals surface area contributed by atoms with Crippen LogP contribution in [0, 0.1) is 12.8 Å². The molecule has 2 aromatic carbocycles. The summed E-state index contributed by atoms with van der Waals surface area (Å²) in [5.41, 5.74) is 3.70. The number of aryl methyl sites for hydroxylation is 1. The van der Waals surface area contributed by atoms with Gasteiger partial charge >= 0.3 is 0 Å². The Kier molecular flexibility index (Phi) is 5.15. The number of hydrogen-bond acceptors (Lipinski definition) is 3. The number of nitrogens with zero attached hydrogens (tertiary/aromatic N) is 1. The van der Waals surface area contributed by atoms with Gasteiger partial charge in [0.25, 0.3) is 0 Å². The van der Waals surface area contributed by atoms with Crippen LogP contribution in [0.4, 0.5) is 11.4 Å². The second-order valence-corrected chi connectivity index (χ2v) is 9.91. The van der Waals surface area contributed by atoms with Crippen LogP contribution in [0.15, 0.2) is 48.5 Å². The first-order valence-electron chi connectivity index (χ1n) is 9.89. The molecule has 1 heterocycles. The van der Waals surface area contributed by atoms with Gasteiger partial charge in [-0.15, -0.1) is 0 Å². The van der Waals surface area contributed by atoms with Gasteiger partial charge in [0.1, 0.15) is 0 Å². The molecule has 1 aliphatic heterocycles. The topological polar surface area (TPSA) is 66.5 Å². The van der Waals surface area contributed by atoms with Gasteiger partial charge in [0.2, 0.25) is 15.9 Å². The molecular weight excluding hydrogens is 372 g/mol. The van der Waals surface area contributed by atoms with Crippen LogP contribution in [0.3, 0.4) is 0 Å². The molecule has 1 aliphatic carbocycles. The summed E-state index contributed by atoms with van der Waals surface area (Å²) in [7, 11) is -3.23. The van der Waals surface area contributed by atoms with Gasteiger partial charge in [0, 0.05) is 18.7 Å². The maximum atomic E-state index is 12.7. The van der Waals surface area contributed by atoms with Crippen molar-refractivity contribution < 1.29 is 13.2 Å². The fourth-order valence-electron chi connectivity index (χ4n) is 3.95. The number of nitrogens with one attached hydrogen (secondary N) is 1. The van der Waals surface area contributed by atoms with Gasteiger partial charge in [-0.25, -0.2) is 8.42 Å². The molecule has 1 unspecified atom stereocenters. The van der Waals surface area contributed by atoms with Crippen molar-refractivity contribution in [3.05, 3.63) is 59.7 Å². The molecule has 2 fully saturated rings. The average Bonchev–Trinajstić information content (AvgIpc) is 3.43. The van der Waals surface area contributed by atoms with Crippen molar-refractivity contribution in [1.29, 1.82) is 0 Å². The summed E-state index contributed by atoms with van der Waals surface area (Å²) in [5, 5.41) is 2.97. The molecule has 0 bridgehead atoms. The highest BCUT2D eigenvalue weighted by Crippen LogP contribution is 2.44. The number of carbonyl (C=O) groups is 1. The van der Waals surface area contributed by atoms with Crippen LogP contribution in [-0.2, 0) is 14.8 Å². The molecule has 5 nitrogen and oxygen atoms in total. The van der Waals surface area contributed by atoms with Crippen LogP contribution in [0.5, 0.6) is 0 Å². The Morgan fingerprint density at radius 3 is 2.57 bits per heavy atom. The summed E-state index contributed by atoms with van der Waals surface area (Å²) in [6.07, 6.45) is 3.43. The molecule has 28 heavy (non-hydrogen) atoms. The monoisotopic (exact) mass is 398 g/mol. The first-order chi connectivity index (χ1) is 13.4. The summed E-state index contributed by atoms with van der Waals surface area (Å²) in [6.45, 7) is 2.56. The molecule has 0 aromatic heterocycles. The number of anilines is 2. The SMILES string of the molecule is Cc1ccc(C(CC(=O)Nc2cccc(N3CCCS3(=O)=O)c2)C2CC2)cc1. The molecule has 2 aromatic rings. The third kappa shape index (κ3) is 4.22. The highest BCUT2D eigenvalue weighted by Gasteiger charge is 2.34. The van der Waals surface area contributed by atoms with Crippen molar-refractivity contribution in [1.82, 2.24) is 0 Å². The van der Waals surface area contributed by atoms with Crippen LogP contribution < -0.4 is 9.62 Å². The van der Waals surface area contributed by atoms with E-state index in [1.54, 1.807) is 18.2 Å². The minimum atomic E-state index is -3.23. The zero-order chi connectivity index (χ0) is 19.7. The number of rotatable bonds is 6. The number of carbonyl (C=O) groups excluding carboxylic acids is 1. The Labute approximate surface area is 166 Å². The number of sulfonamides is 1. The Bertz CT molecular complexity index is 966. The molecule has 1 atom stereocenters. The Hall–Kier alpha value is -2.34. The summed E-state index contributed by atoms with van der Waals surface area (Å²) in [4.78, 5) is 12.7. The summed E-state index contributed by atoms with van der Waals surface area (Å²) in [5.74, 6) is 0.972. The van der Waals surface area contributed by atoms with E-state index in [4.69, 9.17) is 0 Å². The van der Waals surface area contributed by atoms with Crippen LogP contribution in [0.2, 0.25) is 0 Å². The summed E-state index contributed by atoms with van der Waals surface area (Å²) >= 11 is 0. The van der Waals surface area contributed by atoms with Gasteiger partial charge in [0.05, 0.1) is 11.4 Å². The Morgan fingerprint density at radius 1 is 1.18 bits per heavy atom. The van der Waals surface area contributed by atoms with E-state index >= 15 is 0 Å². The smallest absolute Gasteiger partial charge is 0.235 e. The Morgan fingerprint density at radius 2 is 1.93 bits per heavy atom.